The lowest BCUT2D eigenvalue weighted by Crippen LogP contribution is -2.30. The molecule has 3 nitrogen and oxygen atoms in total. The third kappa shape index (κ3) is 4.55. The first-order valence-corrected chi connectivity index (χ1v) is 6.97. The highest BCUT2D eigenvalue weighted by Crippen LogP contribution is 2.21. The van der Waals surface area contributed by atoms with Gasteiger partial charge in [-0.3, -0.25) is 4.79 Å². The first kappa shape index (κ1) is 15.5. The van der Waals surface area contributed by atoms with Crippen LogP contribution in [-0.4, -0.2) is 12.5 Å². The Morgan fingerprint density at radius 1 is 1.19 bits per heavy atom. The molecule has 0 fully saturated rings. The first-order chi connectivity index (χ1) is 10.1. The predicted molar refractivity (Wildman–Crippen MR) is 82.9 cm³/mol. The number of halogens is 2. The van der Waals surface area contributed by atoms with Crippen LogP contribution in [0.4, 0.5) is 10.1 Å². The van der Waals surface area contributed by atoms with Gasteiger partial charge in [0.2, 0.25) is 5.91 Å². The molecule has 0 spiro atoms. The van der Waals surface area contributed by atoms with Gasteiger partial charge in [-0.1, -0.05) is 29.8 Å². The van der Waals surface area contributed by atoms with Gasteiger partial charge in [-0.15, -0.1) is 0 Å². The molecule has 110 valence electrons. The lowest BCUT2D eigenvalue weighted by molar-refractivity contribution is -0.115. The Labute approximate surface area is 128 Å². The average molecular weight is 307 g/mol. The monoisotopic (exact) mass is 306 g/mol. The van der Waals surface area contributed by atoms with Crippen molar-refractivity contribution in [3.05, 3.63) is 64.9 Å². The summed E-state index contributed by atoms with van der Waals surface area (Å²) in [4.78, 5) is 11.8. The van der Waals surface area contributed by atoms with E-state index in [0.29, 0.717) is 10.7 Å². The van der Waals surface area contributed by atoms with E-state index in [2.05, 4.69) is 10.6 Å². The van der Waals surface area contributed by atoms with E-state index >= 15 is 0 Å². The van der Waals surface area contributed by atoms with Crippen LogP contribution in [-0.2, 0) is 4.79 Å². The van der Waals surface area contributed by atoms with Crippen LogP contribution in [0, 0.1) is 5.82 Å². The van der Waals surface area contributed by atoms with Crippen LogP contribution >= 0.6 is 11.6 Å². The van der Waals surface area contributed by atoms with Gasteiger partial charge < -0.3 is 10.6 Å². The van der Waals surface area contributed by atoms with Crippen LogP contribution in [0.3, 0.4) is 0 Å². The van der Waals surface area contributed by atoms with E-state index in [-0.39, 0.29) is 24.3 Å². The highest BCUT2D eigenvalue weighted by molar-refractivity contribution is 6.31. The van der Waals surface area contributed by atoms with E-state index in [0.717, 1.165) is 5.56 Å². The van der Waals surface area contributed by atoms with E-state index in [1.54, 1.807) is 0 Å². The topological polar surface area (TPSA) is 41.1 Å². The normalized spacial score (nSPS) is 12.0. The van der Waals surface area contributed by atoms with E-state index in [9.17, 15) is 9.18 Å². The quantitative estimate of drug-likeness (QED) is 0.883. The van der Waals surface area contributed by atoms with E-state index in [1.807, 2.05) is 31.2 Å². The molecule has 0 aliphatic rings. The van der Waals surface area contributed by atoms with Crippen molar-refractivity contribution in [2.75, 3.05) is 11.9 Å². The lowest BCUT2D eigenvalue weighted by atomic mass is 10.1. The minimum Gasteiger partial charge on any atom is -0.325 e. The maximum absolute atomic E-state index is 12.8. The minimum atomic E-state index is -0.335. The molecular weight excluding hydrogens is 291 g/mol. The van der Waals surface area contributed by atoms with Crippen LogP contribution in [0.1, 0.15) is 18.5 Å². The fourth-order valence-electron chi connectivity index (χ4n) is 1.92. The van der Waals surface area contributed by atoms with E-state index in [4.69, 9.17) is 11.6 Å². The van der Waals surface area contributed by atoms with Crippen molar-refractivity contribution in [1.82, 2.24) is 5.32 Å². The Bertz CT molecular complexity index is 616. The molecular formula is C16H16ClFN2O. The van der Waals surface area contributed by atoms with Gasteiger partial charge in [0.1, 0.15) is 5.82 Å². The SMILES string of the molecule is CC(NCC(=O)Nc1ccc(F)cc1)c1ccccc1Cl. The maximum atomic E-state index is 12.8. The summed E-state index contributed by atoms with van der Waals surface area (Å²) in [5.41, 5.74) is 1.50. The van der Waals surface area contributed by atoms with Gasteiger partial charge in [0.15, 0.2) is 0 Å². The van der Waals surface area contributed by atoms with Gasteiger partial charge >= 0.3 is 0 Å². The molecule has 2 N–H and O–H groups in total. The van der Waals surface area contributed by atoms with Crippen molar-refractivity contribution in [2.45, 2.75) is 13.0 Å². The number of hydrogen-bond donors (Lipinski definition) is 2. The lowest BCUT2D eigenvalue weighted by Gasteiger charge is -2.15. The van der Waals surface area contributed by atoms with Crippen LogP contribution in [0.25, 0.3) is 0 Å². The molecule has 0 heterocycles. The molecule has 0 aliphatic carbocycles. The molecule has 5 heteroatoms. The number of anilines is 1. The Morgan fingerprint density at radius 3 is 2.52 bits per heavy atom. The molecule has 2 aromatic rings. The third-order valence-electron chi connectivity index (χ3n) is 3.07. The number of nitrogens with one attached hydrogen (secondary N) is 2. The molecule has 0 radical (unpaired) electrons. The highest BCUT2D eigenvalue weighted by Gasteiger charge is 2.10. The summed E-state index contributed by atoms with van der Waals surface area (Å²) in [7, 11) is 0. The predicted octanol–water partition coefficient (Wildman–Crippen LogP) is 3.77. The van der Waals surface area contributed by atoms with Gasteiger partial charge in [0, 0.05) is 16.8 Å². The Morgan fingerprint density at radius 2 is 1.86 bits per heavy atom. The van der Waals surface area contributed by atoms with Crippen LogP contribution < -0.4 is 10.6 Å². The van der Waals surface area contributed by atoms with Gasteiger partial charge in [-0.25, -0.2) is 4.39 Å². The molecule has 21 heavy (non-hydrogen) atoms. The van der Waals surface area contributed by atoms with Crippen LogP contribution in [0.15, 0.2) is 48.5 Å². The number of rotatable bonds is 5. The highest BCUT2D eigenvalue weighted by atomic mass is 35.5. The summed E-state index contributed by atoms with van der Waals surface area (Å²) < 4.78 is 12.8. The second-order valence-corrected chi connectivity index (χ2v) is 5.09. The molecule has 2 aromatic carbocycles. The zero-order chi connectivity index (χ0) is 15.2. The number of carbonyl (C=O) groups is 1. The summed E-state index contributed by atoms with van der Waals surface area (Å²) in [5.74, 6) is -0.529. The molecule has 0 bridgehead atoms. The smallest absolute Gasteiger partial charge is 0.238 e. The fraction of sp³-hybridized carbons (Fsp3) is 0.188. The molecule has 0 aliphatic heterocycles. The first-order valence-electron chi connectivity index (χ1n) is 6.59. The largest absolute Gasteiger partial charge is 0.325 e. The number of carbonyl (C=O) groups excluding carboxylic acids is 1. The van der Waals surface area contributed by atoms with Gasteiger partial charge in [-0.2, -0.15) is 0 Å². The molecule has 1 unspecified atom stereocenters. The maximum Gasteiger partial charge on any atom is 0.238 e. The van der Waals surface area contributed by atoms with Crippen molar-refractivity contribution in [3.8, 4) is 0 Å². The minimum absolute atomic E-state index is 0.0438. The number of amides is 1. The Kier molecular flexibility index (Phi) is 5.31. The fourth-order valence-corrected chi connectivity index (χ4v) is 2.22. The molecule has 1 atom stereocenters. The molecule has 0 aromatic heterocycles. The summed E-state index contributed by atoms with van der Waals surface area (Å²) in [6, 6.07) is 13.1. The van der Waals surface area contributed by atoms with Crippen molar-refractivity contribution < 1.29 is 9.18 Å². The van der Waals surface area contributed by atoms with Crippen molar-refractivity contribution in [3.63, 3.8) is 0 Å². The Hall–Kier alpha value is -1.91. The van der Waals surface area contributed by atoms with E-state index < -0.39 is 0 Å². The van der Waals surface area contributed by atoms with Crippen LogP contribution in [0.2, 0.25) is 5.02 Å². The number of benzene rings is 2. The third-order valence-corrected chi connectivity index (χ3v) is 3.41. The second kappa shape index (κ2) is 7.20. The molecule has 0 saturated heterocycles. The number of hydrogen-bond acceptors (Lipinski definition) is 2. The molecule has 2 rings (SSSR count). The standard InChI is InChI=1S/C16H16ClFN2O/c1-11(14-4-2-3-5-15(14)17)19-10-16(21)20-13-8-6-12(18)7-9-13/h2-9,11,19H,10H2,1H3,(H,20,21). The zero-order valence-electron chi connectivity index (χ0n) is 11.6. The molecule has 1 amide bonds. The van der Waals surface area contributed by atoms with Crippen molar-refractivity contribution >= 4 is 23.2 Å². The summed E-state index contributed by atoms with van der Waals surface area (Å²) in [5, 5.41) is 6.45. The van der Waals surface area contributed by atoms with Crippen molar-refractivity contribution in [1.29, 1.82) is 0 Å². The average Bonchev–Trinajstić information content (AvgIpc) is 2.48. The summed E-state index contributed by atoms with van der Waals surface area (Å²) >= 11 is 6.10. The second-order valence-electron chi connectivity index (χ2n) is 4.68. The van der Waals surface area contributed by atoms with Gasteiger partial charge in [-0.05, 0) is 42.8 Å². The van der Waals surface area contributed by atoms with Gasteiger partial charge in [0.25, 0.3) is 0 Å². The van der Waals surface area contributed by atoms with Crippen molar-refractivity contribution in [2.24, 2.45) is 0 Å². The summed E-state index contributed by atoms with van der Waals surface area (Å²) in [6.07, 6.45) is 0. The molecule has 0 saturated carbocycles. The zero-order valence-corrected chi connectivity index (χ0v) is 12.3. The summed E-state index contributed by atoms with van der Waals surface area (Å²) in [6.45, 7) is 2.08. The van der Waals surface area contributed by atoms with Gasteiger partial charge in [0.05, 0.1) is 6.54 Å². The van der Waals surface area contributed by atoms with E-state index in [1.165, 1.54) is 24.3 Å². The van der Waals surface area contributed by atoms with Crippen LogP contribution in [0.5, 0.6) is 0 Å². The Balaban J connectivity index is 1.86.